The number of rotatable bonds is 4. The van der Waals surface area contributed by atoms with Gasteiger partial charge in [0.1, 0.15) is 0 Å². The Balaban J connectivity index is 2.80. The van der Waals surface area contributed by atoms with Crippen LogP contribution in [-0.2, 0) is 16.1 Å². The van der Waals surface area contributed by atoms with Crippen molar-refractivity contribution in [1.29, 1.82) is 0 Å². The lowest BCUT2D eigenvalue weighted by molar-refractivity contribution is -0.128. The second-order valence-corrected chi connectivity index (χ2v) is 5.87. The number of carbonyl (C=O) groups is 2. The molecule has 0 aliphatic rings. The predicted octanol–water partition coefficient (Wildman–Crippen LogP) is 3.18. The van der Waals surface area contributed by atoms with Crippen molar-refractivity contribution in [2.45, 2.75) is 34.2 Å². The third-order valence-corrected chi connectivity index (χ3v) is 2.99. The van der Waals surface area contributed by atoms with Gasteiger partial charge in [0, 0.05) is 12.0 Å². The van der Waals surface area contributed by atoms with Crippen LogP contribution in [0.4, 0.5) is 0 Å². The number of halogens is 1. The van der Waals surface area contributed by atoms with E-state index in [1.165, 1.54) is 0 Å². The Kier molecular flexibility index (Phi) is 5.57. The molecule has 0 unspecified atom stereocenters. The molecule has 1 rings (SSSR count). The number of hydrogen-bond acceptors (Lipinski definition) is 3. The zero-order valence-electron chi connectivity index (χ0n) is 12.2. The van der Waals surface area contributed by atoms with Gasteiger partial charge in [-0.3, -0.25) is 4.79 Å². The van der Waals surface area contributed by atoms with Crippen LogP contribution < -0.4 is 5.32 Å². The average Bonchev–Trinajstić information content (AvgIpc) is 2.36. The van der Waals surface area contributed by atoms with Crippen LogP contribution in [0.1, 0.15) is 43.6 Å². The fourth-order valence-electron chi connectivity index (χ4n) is 1.50. The van der Waals surface area contributed by atoms with E-state index in [0.717, 1.165) is 5.56 Å². The van der Waals surface area contributed by atoms with E-state index < -0.39 is 11.4 Å². The molecule has 110 valence electrons. The first kappa shape index (κ1) is 16.5. The first-order chi connectivity index (χ1) is 9.25. The van der Waals surface area contributed by atoms with Crippen LogP contribution in [0.15, 0.2) is 18.2 Å². The van der Waals surface area contributed by atoms with Gasteiger partial charge in [0.15, 0.2) is 0 Å². The van der Waals surface area contributed by atoms with Crippen molar-refractivity contribution in [2.75, 3.05) is 6.61 Å². The van der Waals surface area contributed by atoms with Crippen LogP contribution in [0.25, 0.3) is 0 Å². The van der Waals surface area contributed by atoms with E-state index in [9.17, 15) is 9.59 Å². The Labute approximate surface area is 124 Å². The van der Waals surface area contributed by atoms with Gasteiger partial charge in [-0.05, 0) is 24.6 Å². The quantitative estimate of drug-likeness (QED) is 0.868. The zero-order chi connectivity index (χ0) is 15.3. The summed E-state index contributed by atoms with van der Waals surface area (Å²) in [5.74, 6) is -0.508. The molecule has 0 aromatic heterocycles. The number of esters is 1. The van der Waals surface area contributed by atoms with Crippen molar-refractivity contribution < 1.29 is 14.3 Å². The van der Waals surface area contributed by atoms with Crippen molar-refractivity contribution in [1.82, 2.24) is 5.32 Å². The lowest BCUT2D eigenvalue weighted by Gasteiger charge is -2.17. The van der Waals surface area contributed by atoms with Crippen molar-refractivity contribution in [2.24, 2.45) is 5.41 Å². The highest BCUT2D eigenvalue weighted by Gasteiger charge is 2.20. The van der Waals surface area contributed by atoms with E-state index in [0.29, 0.717) is 23.7 Å². The number of ether oxygens (including phenoxy) is 1. The number of amides is 1. The molecule has 0 heterocycles. The van der Waals surface area contributed by atoms with E-state index in [4.69, 9.17) is 16.3 Å². The Hall–Kier alpha value is -1.55. The molecule has 1 amide bonds. The van der Waals surface area contributed by atoms with Crippen LogP contribution in [0.5, 0.6) is 0 Å². The molecule has 1 aromatic carbocycles. The summed E-state index contributed by atoms with van der Waals surface area (Å²) in [6.45, 7) is 7.90. The Bertz CT molecular complexity index is 506. The monoisotopic (exact) mass is 297 g/mol. The fourth-order valence-corrected chi connectivity index (χ4v) is 1.69. The molecule has 0 saturated heterocycles. The zero-order valence-corrected chi connectivity index (χ0v) is 13.0. The van der Waals surface area contributed by atoms with E-state index in [-0.39, 0.29) is 5.91 Å². The number of benzene rings is 1. The van der Waals surface area contributed by atoms with Crippen LogP contribution in [-0.4, -0.2) is 18.5 Å². The van der Waals surface area contributed by atoms with Crippen LogP contribution >= 0.6 is 11.6 Å². The molecule has 1 aromatic rings. The minimum Gasteiger partial charge on any atom is -0.462 e. The van der Waals surface area contributed by atoms with Crippen LogP contribution in [0.2, 0.25) is 5.02 Å². The number of carbonyl (C=O) groups excluding carboxylic acids is 2. The lowest BCUT2D eigenvalue weighted by Crippen LogP contribution is -2.34. The summed E-state index contributed by atoms with van der Waals surface area (Å²) in [4.78, 5) is 23.5. The summed E-state index contributed by atoms with van der Waals surface area (Å²) < 4.78 is 4.93. The SMILES string of the molecule is CCOC(=O)c1cc(CNC(=O)C(C)(C)C)ccc1Cl. The normalized spacial score (nSPS) is 11.1. The molecule has 0 aliphatic carbocycles. The van der Waals surface area contributed by atoms with Gasteiger partial charge in [-0.25, -0.2) is 4.79 Å². The van der Waals surface area contributed by atoms with Gasteiger partial charge in [-0.15, -0.1) is 0 Å². The maximum absolute atomic E-state index is 11.8. The Morgan fingerprint density at radius 2 is 1.95 bits per heavy atom. The maximum atomic E-state index is 11.8. The standard InChI is InChI=1S/C15H20ClNO3/c1-5-20-13(18)11-8-10(6-7-12(11)16)9-17-14(19)15(2,3)4/h6-8H,5,9H2,1-4H3,(H,17,19). The molecule has 1 N–H and O–H groups in total. The summed E-state index contributed by atoms with van der Waals surface area (Å²) in [6.07, 6.45) is 0. The molecule has 0 aliphatic heterocycles. The van der Waals surface area contributed by atoms with Gasteiger partial charge < -0.3 is 10.1 Å². The second kappa shape index (κ2) is 6.75. The molecule has 20 heavy (non-hydrogen) atoms. The molecule has 0 fully saturated rings. The molecule has 4 nitrogen and oxygen atoms in total. The highest BCUT2D eigenvalue weighted by molar-refractivity contribution is 6.33. The van der Waals surface area contributed by atoms with E-state index in [2.05, 4.69) is 5.32 Å². The largest absolute Gasteiger partial charge is 0.462 e. The number of hydrogen-bond donors (Lipinski definition) is 1. The van der Waals surface area contributed by atoms with Gasteiger partial charge in [0.25, 0.3) is 0 Å². The first-order valence-corrected chi connectivity index (χ1v) is 6.87. The summed E-state index contributed by atoms with van der Waals surface area (Å²) >= 11 is 5.97. The lowest BCUT2D eigenvalue weighted by atomic mass is 9.95. The highest BCUT2D eigenvalue weighted by atomic mass is 35.5. The van der Waals surface area contributed by atoms with Crippen LogP contribution in [0, 0.1) is 5.41 Å². The Morgan fingerprint density at radius 1 is 1.30 bits per heavy atom. The average molecular weight is 298 g/mol. The molecular formula is C15H20ClNO3. The maximum Gasteiger partial charge on any atom is 0.339 e. The van der Waals surface area contributed by atoms with E-state index in [1.54, 1.807) is 25.1 Å². The molecule has 0 atom stereocenters. The minimum atomic E-state index is -0.457. The van der Waals surface area contributed by atoms with E-state index >= 15 is 0 Å². The van der Waals surface area contributed by atoms with Gasteiger partial charge in [0.05, 0.1) is 17.2 Å². The molecule has 0 radical (unpaired) electrons. The summed E-state index contributed by atoms with van der Waals surface area (Å²) in [5.41, 5.74) is 0.669. The van der Waals surface area contributed by atoms with Gasteiger partial charge in [0.2, 0.25) is 5.91 Å². The molecule has 0 bridgehead atoms. The van der Waals surface area contributed by atoms with Crippen molar-refractivity contribution in [3.05, 3.63) is 34.3 Å². The second-order valence-electron chi connectivity index (χ2n) is 5.47. The van der Waals surface area contributed by atoms with Gasteiger partial charge in [-0.1, -0.05) is 38.4 Å². The first-order valence-electron chi connectivity index (χ1n) is 6.49. The molecule has 0 spiro atoms. The molecule has 0 saturated carbocycles. The van der Waals surface area contributed by atoms with Gasteiger partial charge in [-0.2, -0.15) is 0 Å². The van der Waals surface area contributed by atoms with Crippen molar-refractivity contribution in [3.8, 4) is 0 Å². The molecular weight excluding hydrogens is 278 g/mol. The summed E-state index contributed by atoms with van der Waals surface area (Å²) in [5, 5.41) is 3.16. The molecule has 5 heteroatoms. The van der Waals surface area contributed by atoms with Crippen molar-refractivity contribution >= 4 is 23.5 Å². The summed E-state index contributed by atoms with van der Waals surface area (Å²) in [7, 11) is 0. The number of nitrogens with one attached hydrogen (secondary N) is 1. The minimum absolute atomic E-state index is 0.0508. The smallest absolute Gasteiger partial charge is 0.339 e. The third kappa shape index (κ3) is 4.53. The predicted molar refractivity (Wildman–Crippen MR) is 78.7 cm³/mol. The third-order valence-electron chi connectivity index (χ3n) is 2.66. The Morgan fingerprint density at radius 3 is 2.50 bits per heavy atom. The topological polar surface area (TPSA) is 55.4 Å². The van der Waals surface area contributed by atoms with Crippen molar-refractivity contribution in [3.63, 3.8) is 0 Å². The van der Waals surface area contributed by atoms with Gasteiger partial charge >= 0.3 is 5.97 Å². The van der Waals surface area contributed by atoms with E-state index in [1.807, 2.05) is 20.8 Å². The fraction of sp³-hybridized carbons (Fsp3) is 0.467. The highest BCUT2D eigenvalue weighted by Crippen LogP contribution is 2.19. The summed E-state index contributed by atoms with van der Waals surface area (Å²) in [6, 6.07) is 5.05. The van der Waals surface area contributed by atoms with Crippen LogP contribution in [0.3, 0.4) is 0 Å².